The van der Waals surface area contributed by atoms with Crippen LogP contribution in [0.3, 0.4) is 0 Å². The van der Waals surface area contributed by atoms with E-state index in [0.717, 1.165) is 44.8 Å². The van der Waals surface area contributed by atoms with Crippen molar-refractivity contribution in [2.75, 3.05) is 39.4 Å². The van der Waals surface area contributed by atoms with Crippen molar-refractivity contribution in [3.05, 3.63) is 35.0 Å². The normalized spacial score (nSPS) is 21.4. The maximum atomic E-state index is 12.5. The first-order valence-electron chi connectivity index (χ1n) is 7.69. The van der Waals surface area contributed by atoms with E-state index in [1.54, 1.807) is 17.3 Å². The second-order valence-corrected chi connectivity index (χ2v) is 7.10. The highest BCUT2D eigenvalue weighted by Crippen LogP contribution is 2.32. The second kappa shape index (κ2) is 8.01. The van der Waals surface area contributed by atoms with Gasteiger partial charge >= 0.3 is 0 Å². The van der Waals surface area contributed by atoms with Crippen molar-refractivity contribution in [3.63, 3.8) is 0 Å². The van der Waals surface area contributed by atoms with E-state index < -0.39 is 0 Å². The van der Waals surface area contributed by atoms with Gasteiger partial charge in [0.1, 0.15) is 4.32 Å². The monoisotopic (exact) mass is 349 g/mol. The number of pyridine rings is 1. The van der Waals surface area contributed by atoms with Crippen LogP contribution >= 0.6 is 24.0 Å². The maximum absolute atomic E-state index is 12.5. The van der Waals surface area contributed by atoms with Crippen LogP contribution in [0, 0.1) is 0 Å². The van der Waals surface area contributed by atoms with E-state index in [1.165, 1.54) is 11.8 Å². The van der Waals surface area contributed by atoms with Gasteiger partial charge in [0.05, 0.1) is 18.1 Å². The summed E-state index contributed by atoms with van der Waals surface area (Å²) in [4.78, 5) is 21.3. The number of aromatic nitrogens is 1. The Morgan fingerprint density at radius 2 is 2.17 bits per heavy atom. The van der Waals surface area contributed by atoms with Crippen LogP contribution in [0.5, 0.6) is 0 Å². The van der Waals surface area contributed by atoms with Gasteiger partial charge in [0.2, 0.25) is 0 Å². The molecule has 3 heterocycles. The van der Waals surface area contributed by atoms with Crippen LogP contribution in [0.2, 0.25) is 0 Å². The van der Waals surface area contributed by atoms with Gasteiger partial charge < -0.3 is 4.74 Å². The summed E-state index contributed by atoms with van der Waals surface area (Å²) in [6.45, 7) is 5.19. The number of carbonyl (C=O) groups excluding carboxylic acids is 1. The minimum atomic E-state index is 0.00540. The summed E-state index contributed by atoms with van der Waals surface area (Å²) in [5.41, 5.74) is 0.918. The third-order valence-corrected chi connectivity index (χ3v) is 5.19. The lowest BCUT2D eigenvalue weighted by molar-refractivity contribution is -0.122. The minimum Gasteiger partial charge on any atom is -0.379 e. The molecular formula is C16H19N3O2S2. The molecule has 1 amide bonds. The van der Waals surface area contributed by atoms with Crippen LogP contribution in [-0.2, 0) is 9.53 Å². The quantitative estimate of drug-likeness (QED) is 0.599. The molecule has 122 valence electrons. The topological polar surface area (TPSA) is 45.7 Å². The number of amides is 1. The summed E-state index contributed by atoms with van der Waals surface area (Å²) in [6, 6.07) is 3.78. The number of hydrogen-bond donors (Lipinski definition) is 0. The molecule has 5 nitrogen and oxygen atoms in total. The number of rotatable bonds is 5. The first-order valence-corrected chi connectivity index (χ1v) is 8.92. The van der Waals surface area contributed by atoms with Gasteiger partial charge in [-0.25, -0.2) is 0 Å². The van der Waals surface area contributed by atoms with Crippen molar-refractivity contribution in [1.82, 2.24) is 14.8 Å². The van der Waals surface area contributed by atoms with Gasteiger partial charge in [-0.2, -0.15) is 0 Å². The van der Waals surface area contributed by atoms with Crippen LogP contribution in [-0.4, -0.2) is 64.4 Å². The Bertz CT molecular complexity index is 601. The molecule has 0 radical (unpaired) electrons. The number of nitrogens with zero attached hydrogens (tertiary/aromatic N) is 3. The summed E-state index contributed by atoms with van der Waals surface area (Å²) >= 11 is 6.73. The Morgan fingerprint density at radius 1 is 1.35 bits per heavy atom. The lowest BCUT2D eigenvalue weighted by Crippen LogP contribution is -2.38. The highest BCUT2D eigenvalue weighted by molar-refractivity contribution is 8.26. The fraction of sp³-hybridized carbons (Fsp3) is 0.438. The average molecular weight is 349 g/mol. The summed E-state index contributed by atoms with van der Waals surface area (Å²) in [5.74, 6) is 0.00540. The van der Waals surface area contributed by atoms with Crippen molar-refractivity contribution in [1.29, 1.82) is 0 Å². The largest absolute Gasteiger partial charge is 0.379 e. The van der Waals surface area contributed by atoms with Crippen molar-refractivity contribution < 1.29 is 9.53 Å². The number of morpholine rings is 1. The maximum Gasteiger partial charge on any atom is 0.266 e. The zero-order valence-corrected chi connectivity index (χ0v) is 14.4. The molecule has 0 unspecified atom stereocenters. The lowest BCUT2D eigenvalue weighted by atomic mass is 10.2. The molecule has 2 saturated heterocycles. The first kappa shape index (κ1) is 16.6. The number of thiocarbonyl (C=S) groups is 1. The third-order valence-electron chi connectivity index (χ3n) is 3.82. The number of carbonyl (C=O) groups is 1. The molecule has 2 aliphatic rings. The van der Waals surface area contributed by atoms with Crippen molar-refractivity contribution in [2.24, 2.45) is 0 Å². The highest BCUT2D eigenvalue weighted by Gasteiger charge is 2.31. The van der Waals surface area contributed by atoms with Gasteiger partial charge in [0, 0.05) is 38.6 Å². The minimum absolute atomic E-state index is 0.00540. The van der Waals surface area contributed by atoms with E-state index in [2.05, 4.69) is 9.88 Å². The van der Waals surface area contributed by atoms with E-state index in [4.69, 9.17) is 17.0 Å². The number of ether oxygens (including phenoxy) is 1. The van der Waals surface area contributed by atoms with Crippen LogP contribution in [0.4, 0.5) is 0 Å². The van der Waals surface area contributed by atoms with Crippen LogP contribution in [0.15, 0.2) is 29.4 Å². The molecular weight excluding hydrogens is 330 g/mol. The second-order valence-electron chi connectivity index (χ2n) is 5.43. The Morgan fingerprint density at radius 3 is 2.91 bits per heavy atom. The molecule has 0 atom stereocenters. The molecule has 23 heavy (non-hydrogen) atoms. The molecule has 3 rings (SSSR count). The molecule has 1 aromatic heterocycles. The Balaban J connectivity index is 1.55. The third kappa shape index (κ3) is 4.38. The van der Waals surface area contributed by atoms with Crippen LogP contribution in [0.25, 0.3) is 6.08 Å². The van der Waals surface area contributed by atoms with Crippen LogP contribution in [0.1, 0.15) is 12.0 Å². The van der Waals surface area contributed by atoms with E-state index in [-0.39, 0.29) is 5.91 Å². The average Bonchev–Trinajstić information content (AvgIpc) is 2.84. The van der Waals surface area contributed by atoms with Gasteiger partial charge in [-0.15, -0.1) is 0 Å². The fourth-order valence-corrected chi connectivity index (χ4v) is 3.89. The van der Waals surface area contributed by atoms with Crippen molar-refractivity contribution in [2.45, 2.75) is 6.42 Å². The molecule has 0 spiro atoms. The molecule has 7 heteroatoms. The SMILES string of the molecule is O=C1/C(=C/c2cccnc2)SC(=S)N1CCCN1CCOCC1. The van der Waals surface area contributed by atoms with E-state index in [1.807, 2.05) is 18.2 Å². The zero-order valence-electron chi connectivity index (χ0n) is 12.8. The summed E-state index contributed by atoms with van der Waals surface area (Å²) in [6.07, 6.45) is 6.24. The molecule has 0 N–H and O–H groups in total. The predicted molar refractivity (Wildman–Crippen MR) is 96.0 cm³/mol. The molecule has 2 fully saturated rings. The Labute approximate surface area is 145 Å². The molecule has 2 aliphatic heterocycles. The fourth-order valence-electron chi connectivity index (χ4n) is 2.58. The Kier molecular flexibility index (Phi) is 5.77. The standard InChI is InChI=1S/C16H19N3O2S2/c20-15-14(11-13-3-1-4-17-12-13)23-16(22)19(15)6-2-5-18-7-9-21-10-8-18/h1,3-4,11-12H,2,5-10H2/b14-11-. The van der Waals surface area contributed by atoms with E-state index in [0.29, 0.717) is 15.8 Å². The van der Waals surface area contributed by atoms with Crippen molar-refractivity contribution in [3.8, 4) is 0 Å². The van der Waals surface area contributed by atoms with Gasteiger partial charge in [-0.1, -0.05) is 30.0 Å². The first-order chi connectivity index (χ1) is 11.2. The summed E-state index contributed by atoms with van der Waals surface area (Å²) in [7, 11) is 0. The molecule has 0 bridgehead atoms. The smallest absolute Gasteiger partial charge is 0.266 e. The highest BCUT2D eigenvalue weighted by atomic mass is 32.2. The van der Waals surface area contributed by atoms with E-state index in [9.17, 15) is 4.79 Å². The molecule has 0 saturated carbocycles. The zero-order chi connectivity index (χ0) is 16.1. The summed E-state index contributed by atoms with van der Waals surface area (Å²) < 4.78 is 5.99. The van der Waals surface area contributed by atoms with Crippen molar-refractivity contribution >= 4 is 40.3 Å². The van der Waals surface area contributed by atoms with Gasteiger partial charge in [0.25, 0.3) is 5.91 Å². The van der Waals surface area contributed by atoms with Gasteiger partial charge in [-0.05, 0) is 24.1 Å². The summed E-state index contributed by atoms with van der Waals surface area (Å²) in [5, 5.41) is 0. The number of thioether (sulfide) groups is 1. The molecule has 0 aromatic carbocycles. The lowest BCUT2D eigenvalue weighted by Gasteiger charge is -2.27. The Hall–Kier alpha value is -1.28. The van der Waals surface area contributed by atoms with Gasteiger partial charge in [0.15, 0.2) is 0 Å². The molecule has 1 aromatic rings. The van der Waals surface area contributed by atoms with Gasteiger partial charge in [-0.3, -0.25) is 19.6 Å². The van der Waals surface area contributed by atoms with E-state index >= 15 is 0 Å². The predicted octanol–water partition coefficient (Wildman–Crippen LogP) is 2.01. The number of hydrogen-bond acceptors (Lipinski definition) is 6. The van der Waals surface area contributed by atoms with Crippen LogP contribution < -0.4 is 0 Å². The molecule has 0 aliphatic carbocycles.